The third-order valence-electron chi connectivity index (χ3n) is 3.56. The molecule has 0 saturated carbocycles. The SMILES string of the molecule is CCN(CC)CCNC(CN)c1ccc(F)cc1C. The van der Waals surface area contributed by atoms with Crippen molar-refractivity contribution in [2.75, 3.05) is 32.7 Å². The van der Waals surface area contributed by atoms with Crippen molar-refractivity contribution in [3.8, 4) is 0 Å². The highest BCUT2D eigenvalue weighted by Crippen LogP contribution is 2.17. The molecular formula is C15H26FN3. The summed E-state index contributed by atoms with van der Waals surface area (Å²) in [6.45, 7) is 10.8. The summed E-state index contributed by atoms with van der Waals surface area (Å²) in [5, 5.41) is 3.46. The van der Waals surface area contributed by atoms with Gasteiger partial charge in [-0.2, -0.15) is 0 Å². The Morgan fingerprint density at radius 1 is 1.32 bits per heavy atom. The normalized spacial score (nSPS) is 12.9. The number of rotatable bonds is 8. The molecule has 4 heteroatoms. The fraction of sp³-hybridized carbons (Fsp3) is 0.600. The lowest BCUT2D eigenvalue weighted by atomic mass is 10.0. The Hall–Kier alpha value is -0.970. The molecule has 0 saturated heterocycles. The van der Waals surface area contributed by atoms with Crippen molar-refractivity contribution in [1.82, 2.24) is 10.2 Å². The average Bonchev–Trinajstić information content (AvgIpc) is 2.40. The van der Waals surface area contributed by atoms with Crippen LogP contribution in [0, 0.1) is 12.7 Å². The van der Waals surface area contributed by atoms with Crippen LogP contribution < -0.4 is 11.1 Å². The Morgan fingerprint density at radius 2 is 2.00 bits per heavy atom. The van der Waals surface area contributed by atoms with Gasteiger partial charge in [0.2, 0.25) is 0 Å². The van der Waals surface area contributed by atoms with Crippen LogP contribution in [0.25, 0.3) is 0 Å². The summed E-state index contributed by atoms with van der Waals surface area (Å²) in [7, 11) is 0. The number of nitrogens with one attached hydrogen (secondary N) is 1. The maximum Gasteiger partial charge on any atom is 0.123 e. The second-order valence-electron chi connectivity index (χ2n) is 4.77. The number of halogens is 1. The molecule has 0 spiro atoms. The minimum absolute atomic E-state index is 0.0937. The lowest BCUT2D eigenvalue weighted by Gasteiger charge is -2.23. The number of hydrogen-bond donors (Lipinski definition) is 2. The first kappa shape index (κ1) is 16.1. The van der Waals surface area contributed by atoms with Gasteiger partial charge in [-0.3, -0.25) is 0 Å². The number of nitrogens with two attached hydrogens (primary N) is 1. The molecule has 0 bridgehead atoms. The van der Waals surface area contributed by atoms with Crippen molar-refractivity contribution >= 4 is 0 Å². The van der Waals surface area contributed by atoms with Crippen LogP contribution in [-0.4, -0.2) is 37.6 Å². The molecule has 0 aliphatic rings. The first-order chi connectivity index (χ1) is 9.12. The van der Waals surface area contributed by atoms with Gasteiger partial charge in [-0.05, 0) is 43.3 Å². The molecule has 1 rings (SSSR count). The van der Waals surface area contributed by atoms with E-state index in [1.165, 1.54) is 6.07 Å². The standard InChI is InChI=1S/C15H26FN3/c1-4-19(5-2)9-8-18-15(11-17)14-7-6-13(16)10-12(14)3/h6-7,10,15,18H,4-5,8-9,11,17H2,1-3H3. The number of nitrogens with zero attached hydrogens (tertiary/aromatic N) is 1. The molecule has 0 aliphatic carbocycles. The molecule has 3 nitrogen and oxygen atoms in total. The van der Waals surface area contributed by atoms with Crippen molar-refractivity contribution in [1.29, 1.82) is 0 Å². The molecule has 1 aromatic rings. The monoisotopic (exact) mass is 267 g/mol. The molecule has 0 aromatic heterocycles. The van der Waals surface area contributed by atoms with Crippen LogP contribution >= 0.6 is 0 Å². The lowest BCUT2D eigenvalue weighted by Crippen LogP contribution is -2.36. The largest absolute Gasteiger partial charge is 0.329 e. The zero-order chi connectivity index (χ0) is 14.3. The molecule has 0 radical (unpaired) electrons. The average molecular weight is 267 g/mol. The summed E-state index contributed by atoms with van der Waals surface area (Å²) in [4.78, 5) is 2.36. The quantitative estimate of drug-likeness (QED) is 0.757. The minimum atomic E-state index is -0.194. The maximum absolute atomic E-state index is 13.1. The predicted molar refractivity (Wildman–Crippen MR) is 78.7 cm³/mol. The van der Waals surface area contributed by atoms with Crippen LogP contribution in [0.4, 0.5) is 4.39 Å². The van der Waals surface area contributed by atoms with Crippen LogP contribution in [0.5, 0.6) is 0 Å². The minimum Gasteiger partial charge on any atom is -0.329 e. The zero-order valence-corrected chi connectivity index (χ0v) is 12.2. The van der Waals surface area contributed by atoms with Gasteiger partial charge in [0, 0.05) is 25.7 Å². The lowest BCUT2D eigenvalue weighted by molar-refractivity contribution is 0.296. The molecule has 108 valence electrons. The van der Waals surface area contributed by atoms with Crippen LogP contribution in [-0.2, 0) is 0 Å². The Balaban J connectivity index is 2.58. The van der Waals surface area contributed by atoms with E-state index in [2.05, 4.69) is 24.1 Å². The van der Waals surface area contributed by atoms with E-state index in [0.29, 0.717) is 6.54 Å². The summed E-state index contributed by atoms with van der Waals surface area (Å²) in [5.74, 6) is -0.194. The van der Waals surface area contributed by atoms with E-state index in [0.717, 1.165) is 37.3 Å². The van der Waals surface area contributed by atoms with Gasteiger partial charge in [0.05, 0.1) is 0 Å². The van der Waals surface area contributed by atoms with Crippen molar-refractivity contribution in [2.24, 2.45) is 5.73 Å². The van der Waals surface area contributed by atoms with Gasteiger partial charge < -0.3 is 16.0 Å². The van der Waals surface area contributed by atoms with Gasteiger partial charge in [0.15, 0.2) is 0 Å². The van der Waals surface area contributed by atoms with Crippen molar-refractivity contribution < 1.29 is 4.39 Å². The molecule has 0 fully saturated rings. The van der Waals surface area contributed by atoms with Gasteiger partial charge in [0.1, 0.15) is 5.82 Å². The zero-order valence-electron chi connectivity index (χ0n) is 12.2. The maximum atomic E-state index is 13.1. The Kier molecular flexibility index (Phi) is 6.99. The van der Waals surface area contributed by atoms with Crippen molar-refractivity contribution in [3.05, 3.63) is 35.1 Å². The Labute approximate surface area is 116 Å². The first-order valence-electron chi connectivity index (χ1n) is 7.04. The van der Waals surface area contributed by atoms with Crippen molar-refractivity contribution in [2.45, 2.75) is 26.8 Å². The molecule has 3 N–H and O–H groups in total. The highest BCUT2D eigenvalue weighted by Gasteiger charge is 2.12. The van der Waals surface area contributed by atoms with Gasteiger partial charge in [-0.25, -0.2) is 4.39 Å². The Morgan fingerprint density at radius 3 is 2.53 bits per heavy atom. The third kappa shape index (κ3) is 4.90. The summed E-state index contributed by atoms with van der Waals surface area (Å²) < 4.78 is 13.1. The van der Waals surface area contributed by atoms with Crippen LogP contribution in [0.3, 0.4) is 0 Å². The molecule has 1 atom stereocenters. The van der Waals surface area contributed by atoms with Gasteiger partial charge in [-0.1, -0.05) is 19.9 Å². The van der Waals surface area contributed by atoms with Crippen molar-refractivity contribution in [3.63, 3.8) is 0 Å². The smallest absolute Gasteiger partial charge is 0.123 e. The molecular weight excluding hydrogens is 241 g/mol. The van der Waals surface area contributed by atoms with Gasteiger partial charge in [0.25, 0.3) is 0 Å². The second-order valence-corrected chi connectivity index (χ2v) is 4.77. The van der Waals surface area contributed by atoms with Crippen LogP contribution in [0.15, 0.2) is 18.2 Å². The summed E-state index contributed by atoms with van der Waals surface area (Å²) in [6, 6.07) is 4.98. The molecule has 0 aliphatic heterocycles. The summed E-state index contributed by atoms with van der Waals surface area (Å²) in [5.41, 5.74) is 7.86. The number of hydrogen-bond acceptors (Lipinski definition) is 3. The van der Waals surface area contributed by atoms with Gasteiger partial charge >= 0.3 is 0 Å². The number of likely N-dealkylation sites (N-methyl/N-ethyl adjacent to an activating group) is 1. The number of aryl methyl sites for hydroxylation is 1. The highest BCUT2D eigenvalue weighted by molar-refractivity contribution is 5.29. The topological polar surface area (TPSA) is 41.3 Å². The number of benzene rings is 1. The fourth-order valence-corrected chi connectivity index (χ4v) is 2.29. The summed E-state index contributed by atoms with van der Waals surface area (Å²) >= 11 is 0. The van der Waals surface area contributed by atoms with Gasteiger partial charge in [-0.15, -0.1) is 0 Å². The van der Waals surface area contributed by atoms with E-state index in [-0.39, 0.29) is 11.9 Å². The first-order valence-corrected chi connectivity index (χ1v) is 7.04. The predicted octanol–water partition coefficient (Wildman–Crippen LogP) is 2.07. The van der Waals surface area contributed by atoms with E-state index in [9.17, 15) is 4.39 Å². The molecule has 1 aromatic carbocycles. The Bertz CT molecular complexity index is 378. The van der Waals surface area contributed by atoms with E-state index in [1.54, 1.807) is 6.07 Å². The van der Waals surface area contributed by atoms with E-state index >= 15 is 0 Å². The fourth-order valence-electron chi connectivity index (χ4n) is 2.29. The molecule has 19 heavy (non-hydrogen) atoms. The third-order valence-corrected chi connectivity index (χ3v) is 3.56. The van der Waals surface area contributed by atoms with E-state index in [1.807, 2.05) is 13.0 Å². The van der Waals surface area contributed by atoms with E-state index in [4.69, 9.17) is 5.73 Å². The highest BCUT2D eigenvalue weighted by atomic mass is 19.1. The second kappa shape index (κ2) is 8.25. The molecule has 1 unspecified atom stereocenters. The molecule has 0 heterocycles. The van der Waals surface area contributed by atoms with Crippen LogP contribution in [0.2, 0.25) is 0 Å². The van der Waals surface area contributed by atoms with E-state index < -0.39 is 0 Å². The van der Waals surface area contributed by atoms with Crippen LogP contribution in [0.1, 0.15) is 31.0 Å². The summed E-state index contributed by atoms with van der Waals surface area (Å²) in [6.07, 6.45) is 0. The molecule has 0 amide bonds.